The van der Waals surface area contributed by atoms with Crippen LogP contribution in [0.25, 0.3) is 0 Å². The van der Waals surface area contributed by atoms with Crippen molar-refractivity contribution in [2.24, 2.45) is 5.73 Å². The number of carbonyl (C=O) groups is 2. The van der Waals surface area contributed by atoms with E-state index in [0.29, 0.717) is 39.4 Å². The summed E-state index contributed by atoms with van der Waals surface area (Å²) in [6, 6.07) is -0.631. The minimum absolute atomic E-state index is 0.123. The first kappa shape index (κ1) is 17.7. The topological polar surface area (TPSA) is 85.1 Å². The van der Waals surface area contributed by atoms with Crippen molar-refractivity contribution in [1.29, 1.82) is 0 Å². The molecular weight excluding hydrogens is 274 g/mol. The number of nitrogens with zero attached hydrogens (tertiary/aromatic N) is 2. The standard InChI is InChI=1S/C14H27N3O4/c1-3-5-10-21-14(19)17-8-6-16(7-9-17)13(18)12(15)11-20-4-2/h12H,3-11,15H2,1-2H3. The number of hydrogen-bond acceptors (Lipinski definition) is 5. The van der Waals surface area contributed by atoms with Gasteiger partial charge in [-0.05, 0) is 13.3 Å². The Balaban J connectivity index is 2.31. The molecule has 2 N–H and O–H groups in total. The Bertz CT molecular complexity index is 330. The molecule has 1 heterocycles. The van der Waals surface area contributed by atoms with Crippen LogP contribution in [-0.2, 0) is 14.3 Å². The van der Waals surface area contributed by atoms with Crippen molar-refractivity contribution in [3.63, 3.8) is 0 Å². The fraction of sp³-hybridized carbons (Fsp3) is 0.857. The van der Waals surface area contributed by atoms with Crippen LogP contribution in [0.4, 0.5) is 4.79 Å². The molecule has 0 radical (unpaired) electrons. The Morgan fingerprint density at radius 1 is 1.14 bits per heavy atom. The van der Waals surface area contributed by atoms with Gasteiger partial charge in [0, 0.05) is 32.8 Å². The Morgan fingerprint density at radius 3 is 2.33 bits per heavy atom. The zero-order valence-electron chi connectivity index (χ0n) is 13.0. The fourth-order valence-corrected chi connectivity index (χ4v) is 2.06. The van der Waals surface area contributed by atoms with E-state index in [9.17, 15) is 9.59 Å². The van der Waals surface area contributed by atoms with Gasteiger partial charge in [0.25, 0.3) is 0 Å². The largest absolute Gasteiger partial charge is 0.449 e. The molecule has 1 fully saturated rings. The highest BCUT2D eigenvalue weighted by Crippen LogP contribution is 2.06. The molecule has 0 aromatic rings. The summed E-state index contributed by atoms with van der Waals surface area (Å²) in [6.07, 6.45) is 1.57. The second-order valence-electron chi connectivity index (χ2n) is 5.05. The van der Waals surface area contributed by atoms with Gasteiger partial charge in [-0.2, -0.15) is 0 Å². The normalized spacial score (nSPS) is 16.7. The Labute approximate surface area is 126 Å². The molecule has 0 spiro atoms. The number of amides is 2. The highest BCUT2D eigenvalue weighted by Gasteiger charge is 2.27. The fourth-order valence-electron chi connectivity index (χ4n) is 2.06. The number of rotatable bonds is 7. The number of unbranched alkanes of at least 4 members (excludes halogenated alkanes) is 1. The SMILES string of the molecule is CCCCOC(=O)N1CCN(C(=O)C(N)COCC)CC1. The van der Waals surface area contributed by atoms with Gasteiger partial charge in [-0.15, -0.1) is 0 Å². The maximum atomic E-state index is 12.1. The third kappa shape index (κ3) is 5.89. The van der Waals surface area contributed by atoms with Crippen molar-refractivity contribution in [2.75, 3.05) is 46.0 Å². The molecule has 0 aromatic carbocycles. The molecule has 0 bridgehead atoms. The number of ether oxygens (including phenoxy) is 2. The van der Waals surface area contributed by atoms with Crippen molar-refractivity contribution in [3.8, 4) is 0 Å². The lowest BCUT2D eigenvalue weighted by Gasteiger charge is -2.35. The number of carbonyl (C=O) groups excluding carboxylic acids is 2. The number of nitrogens with two attached hydrogens (primary N) is 1. The van der Waals surface area contributed by atoms with E-state index in [-0.39, 0.29) is 18.6 Å². The first-order chi connectivity index (χ1) is 10.1. The van der Waals surface area contributed by atoms with E-state index in [2.05, 4.69) is 0 Å². The molecule has 1 saturated heterocycles. The lowest BCUT2D eigenvalue weighted by molar-refractivity contribution is -0.135. The number of hydrogen-bond donors (Lipinski definition) is 1. The summed E-state index contributed by atoms with van der Waals surface area (Å²) in [5.74, 6) is -0.123. The highest BCUT2D eigenvalue weighted by molar-refractivity contribution is 5.82. The molecule has 0 aromatic heterocycles. The molecule has 7 heteroatoms. The summed E-state index contributed by atoms with van der Waals surface area (Å²) in [5, 5.41) is 0. The molecule has 1 aliphatic rings. The maximum absolute atomic E-state index is 12.1. The molecule has 0 saturated carbocycles. The van der Waals surface area contributed by atoms with E-state index < -0.39 is 6.04 Å². The molecule has 0 aliphatic carbocycles. The van der Waals surface area contributed by atoms with Crippen LogP contribution in [0.3, 0.4) is 0 Å². The van der Waals surface area contributed by atoms with E-state index >= 15 is 0 Å². The second kappa shape index (κ2) is 9.57. The van der Waals surface area contributed by atoms with Crippen molar-refractivity contribution in [2.45, 2.75) is 32.7 Å². The zero-order valence-corrected chi connectivity index (χ0v) is 13.0. The van der Waals surface area contributed by atoms with Gasteiger partial charge < -0.3 is 25.0 Å². The molecule has 122 valence electrons. The summed E-state index contributed by atoms with van der Waals surface area (Å²) >= 11 is 0. The van der Waals surface area contributed by atoms with Crippen LogP contribution in [0.5, 0.6) is 0 Å². The second-order valence-corrected chi connectivity index (χ2v) is 5.05. The van der Waals surface area contributed by atoms with E-state index in [1.54, 1.807) is 9.80 Å². The van der Waals surface area contributed by atoms with Crippen molar-refractivity contribution >= 4 is 12.0 Å². The van der Waals surface area contributed by atoms with Crippen LogP contribution in [0, 0.1) is 0 Å². The van der Waals surface area contributed by atoms with Crippen LogP contribution in [0.1, 0.15) is 26.7 Å². The Kier molecular flexibility index (Phi) is 8.07. The lowest BCUT2D eigenvalue weighted by atomic mass is 10.2. The van der Waals surface area contributed by atoms with E-state index in [1.165, 1.54) is 0 Å². The van der Waals surface area contributed by atoms with Gasteiger partial charge >= 0.3 is 6.09 Å². The summed E-state index contributed by atoms with van der Waals surface area (Å²) in [5.41, 5.74) is 5.79. The zero-order chi connectivity index (χ0) is 15.7. The molecule has 1 rings (SSSR count). The minimum Gasteiger partial charge on any atom is -0.449 e. The third-order valence-corrected chi connectivity index (χ3v) is 3.39. The van der Waals surface area contributed by atoms with E-state index in [4.69, 9.17) is 15.2 Å². The van der Waals surface area contributed by atoms with Crippen molar-refractivity contribution in [3.05, 3.63) is 0 Å². The van der Waals surface area contributed by atoms with Gasteiger partial charge in [0.1, 0.15) is 6.04 Å². The lowest BCUT2D eigenvalue weighted by Crippen LogP contribution is -2.55. The summed E-state index contributed by atoms with van der Waals surface area (Å²) in [4.78, 5) is 27.2. The minimum atomic E-state index is -0.631. The first-order valence-corrected chi connectivity index (χ1v) is 7.63. The van der Waals surface area contributed by atoms with Gasteiger partial charge in [0.15, 0.2) is 0 Å². The van der Waals surface area contributed by atoms with Gasteiger partial charge in [-0.1, -0.05) is 13.3 Å². The Hall–Kier alpha value is -1.34. The molecule has 7 nitrogen and oxygen atoms in total. The predicted octanol–water partition coefficient (Wildman–Crippen LogP) is 0.431. The van der Waals surface area contributed by atoms with Crippen LogP contribution in [0.2, 0.25) is 0 Å². The van der Waals surface area contributed by atoms with E-state index in [1.807, 2.05) is 13.8 Å². The average molecular weight is 301 g/mol. The summed E-state index contributed by atoms with van der Waals surface area (Å²) < 4.78 is 10.3. The molecule has 1 unspecified atom stereocenters. The molecule has 1 aliphatic heterocycles. The first-order valence-electron chi connectivity index (χ1n) is 7.63. The van der Waals surface area contributed by atoms with Crippen molar-refractivity contribution in [1.82, 2.24) is 9.80 Å². The smallest absolute Gasteiger partial charge is 0.409 e. The van der Waals surface area contributed by atoms with Crippen LogP contribution in [-0.4, -0.2) is 73.8 Å². The quantitative estimate of drug-likeness (QED) is 0.689. The predicted molar refractivity (Wildman–Crippen MR) is 78.9 cm³/mol. The molecule has 21 heavy (non-hydrogen) atoms. The maximum Gasteiger partial charge on any atom is 0.409 e. The van der Waals surface area contributed by atoms with Crippen LogP contribution in [0.15, 0.2) is 0 Å². The third-order valence-electron chi connectivity index (χ3n) is 3.39. The van der Waals surface area contributed by atoms with Crippen molar-refractivity contribution < 1.29 is 19.1 Å². The van der Waals surface area contributed by atoms with Crippen LogP contribution < -0.4 is 5.73 Å². The van der Waals surface area contributed by atoms with Crippen LogP contribution >= 0.6 is 0 Å². The average Bonchev–Trinajstić information content (AvgIpc) is 2.52. The Morgan fingerprint density at radius 2 is 1.76 bits per heavy atom. The summed E-state index contributed by atoms with van der Waals surface area (Å²) in [6.45, 7) is 7.07. The molecule has 2 amide bonds. The molecule has 1 atom stereocenters. The van der Waals surface area contributed by atoms with Gasteiger partial charge in [0.05, 0.1) is 13.2 Å². The van der Waals surface area contributed by atoms with Gasteiger partial charge in [-0.3, -0.25) is 4.79 Å². The monoisotopic (exact) mass is 301 g/mol. The van der Waals surface area contributed by atoms with Gasteiger partial charge in [0.2, 0.25) is 5.91 Å². The number of piperazine rings is 1. The van der Waals surface area contributed by atoms with E-state index in [0.717, 1.165) is 12.8 Å². The van der Waals surface area contributed by atoms with Gasteiger partial charge in [-0.25, -0.2) is 4.79 Å². The summed E-state index contributed by atoms with van der Waals surface area (Å²) in [7, 11) is 0. The highest BCUT2D eigenvalue weighted by atomic mass is 16.6. The molecular formula is C14H27N3O4.